The van der Waals surface area contributed by atoms with E-state index in [1.807, 2.05) is 18.2 Å². The summed E-state index contributed by atoms with van der Waals surface area (Å²) in [6.45, 7) is 0.293. The zero-order chi connectivity index (χ0) is 16.7. The van der Waals surface area contributed by atoms with Gasteiger partial charge in [0.25, 0.3) is 0 Å². The van der Waals surface area contributed by atoms with E-state index in [1.165, 1.54) is 0 Å². The van der Waals surface area contributed by atoms with Gasteiger partial charge >= 0.3 is 0 Å². The molecule has 0 aliphatic carbocycles. The van der Waals surface area contributed by atoms with Crippen LogP contribution in [0.1, 0.15) is 6.42 Å². The molecule has 1 aliphatic rings. The summed E-state index contributed by atoms with van der Waals surface area (Å²) in [7, 11) is 0. The van der Waals surface area contributed by atoms with E-state index in [-0.39, 0.29) is 18.2 Å². The molecule has 24 heavy (non-hydrogen) atoms. The SMILES string of the molecule is O=C(Nc1ncc[nH]1)[C@H]1CC(=O)N(c2n[nH]c3cc(Br)ccc23)C1. The van der Waals surface area contributed by atoms with Gasteiger partial charge < -0.3 is 4.98 Å². The van der Waals surface area contributed by atoms with Crippen molar-refractivity contribution in [2.45, 2.75) is 6.42 Å². The molecule has 0 saturated carbocycles. The van der Waals surface area contributed by atoms with Crippen molar-refractivity contribution in [3.8, 4) is 0 Å². The monoisotopic (exact) mass is 388 g/mol. The van der Waals surface area contributed by atoms with Crippen molar-refractivity contribution in [2.75, 3.05) is 16.8 Å². The molecule has 2 aromatic heterocycles. The minimum atomic E-state index is -0.440. The number of aromatic nitrogens is 4. The van der Waals surface area contributed by atoms with E-state index in [1.54, 1.807) is 17.3 Å². The number of carbonyl (C=O) groups excluding carboxylic acids is 2. The summed E-state index contributed by atoms with van der Waals surface area (Å²) in [5.74, 6) is 0.135. The van der Waals surface area contributed by atoms with Crippen LogP contribution in [0.5, 0.6) is 0 Å². The van der Waals surface area contributed by atoms with Crippen molar-refractivity contribution < 1.29 is 9.59 Å². The molecule has 3 heterocycles. The predicted octanol–water partition coefficient (Wildman–Crippen LogP) is 2.04. The number of nitrogens with one attached hydrogen (secondary N) is 3. The summed E-state index contributed by atoms with van der Waals surface area (Å²) in [6.07, 6.45) is 3.32. The Morgan fingerprint density at radius 1 is 1.42 bits per heavy atom. The van der Waals surface area contributed by atoms with Crippen LogP contribution in [0.4, 0.5) is 11.8 Å². The second-order valence-electron chi connectivity index (χ2n) is 5.57. The molecule has 0 unspecified atom stereocenters. The van der Waals surface area contributed by atoms with Crippen LogP contribution in [-0.2, 0) is 9.59 Å². The van der Waals surface area contributed by atoms with E-state index in [0.717, 1.165) is 15.4 Å². The highest BCUT2D eigenvalue weighted by Gasteiger charge is 2.37. The molecule has 1 saturated heterocycles. The number of nitrogens with zero attached hydrogens (tertiary/aromatic N) is 3. The van der Waals surface area contributed by atoms with Crippen LogP contribution in [0.2, 0.25) is 0 Å². The highest BCUT2D eigenvalue weighted by atomic mass is 79.9. The molecule has 1 aromatic carbocycles. The van der Waals surface area contributed by atoms with Gasteiger partial charge in [-0.05, 0) is 18.2 Å². The number of benzene rings is 1. The van der Waals surface area contributed by atoms with E-state index in [0.29, 0.717) is 18.3 Å². The molecule has 3 aromatic rings. The zero-order valence-electron chi connectivity index (χ0n) is 12.4. The number of H-pyrrole nitrogens is 2. The summed E-state index contributed by atoms with van der Waals surface area (Å²) < 4.78 is 0.925. The summed E-state index contributed by atoms with van der Waals surface area (Å²) in [6, 6.07) is 5.68. The van der Waals surface area contributed by atoms with Gasteiger partial charge in [0, 0.05) is 35.2 Å². The Morgan fingerprint density at radius 2 is 2.29 bits per heavy atom. The van der Waals surface area contributed by atoms with Crippen molar-refractivity contribution in [1.82, 2.24) is 20.2 Å². The Balaban J connectivity index is 1.56. The highest BCUT2D eigenvalue weighted by Crippen LogP contribution is 2.31. The molecule has 1 fully saturated rings. The third-order valence-corrected chi connectivity index (χ3v) is 4.49. The van der Waals surface area contributed by atoms with Crippen LogP contribution in [0.3, 0.4) is 0 Å². The van der Waals surface area contributed by atoms with Crippen LogP contribution in [-0.4, -0.2) is 38.5 Å². The van der Waals surface area contributed by atoms with Crippen molar-refractivity contribution >= 4 is 50.4 Å². The molecule has 122 valence electrons. The molecule has 1 aliphatic heterocycles. The summed E-state index contributed by atoms with van der Waals surface area (Å²) in [5.41, 5.74) is 0.829. The lowest BCUT2D eigenvalue weighted by Gasteiger charge is -2.14. The fourth-order valence-electron chi connectivity index (χ4n) is 2.82. The molecular formula is C15H13BrN6O2. The first-order chi connectivity index (χ1) is 11.6. The largest absolute Gasteiger partial charge is 0.331 e. The van der Waals surface area contributed by atoms with Crippen molar-refractivity contribution in [1.29, 1.82) is 0 Å². The quantitative estimate of drug-likeness (QED) is 0.637. The van der Waals surface area contributed by atoms with Crippen molar-refractivity contribution in [3.05, 3.63) is 35.1 Å². The third kappa shape index (κ3) is 2.56. The number of aromatic amines is 2. The Labute approximate surface area is 144 Å². The first kappa shape index (κ1) is 14.9. The molecule has 4 rings (SSSR count). The molecule has 0 radical (unpaired) electrons. The summed E-state index contributed by atoms with van der Waals surface area (Å²) in [5, 5.41) is 10.7. The second-order valence-corrected chi connectivity index (χ2v) is 6.49. The van der Waals surface area contributed by atoms with Gasteiger partial charge in [-0.25, -0.2) is 4.98 Å². The van der Waals surface area contributed by atoms with Crippen LogP contribution >= 0.6 is 15.9 Å². The normalized spacial score (nSPS) is 17.6. The topological polar surface area (TPSA) is 107 Å². The maximum atomic E-state index is 12.4. The molecule has 0 bridgehead atoms. The number of hydrogen-bond donors (Lipinski definition) is 3. The Bertz CT molecular complexity index is 919. The van der Waals surface area contributed by atoms with Crippen LogP contribution in [0, 0.1) is 5.92 Å². The first-order valence-electron chi connectivity index (χ1n) is 7.36. The van der Waals surface area contributed by atoms with Gasteiger partial charge in [0.2, 0.25) is 17.8 Å². The number of amides is 2. The minimum Gasteiger partial charge on any atom is -0.331 e. The standard InChI is InChI=1S/C15H13BrN6O2/c16-9-1-2-10-11(6-9)20-21-13(10)22-7-8(5-12(22)23)14(24)19-15-17-3-4-18-15/h1-4,6,8H,5,7H2,(H,20,21)(H2,17,18,19,24)/t8-/m0/s1. The molecule has 1 atom stereocenters. The summed E-state index contributed by atoms with van der Waals surface area (Å²) >= 11 is 3.40. The fraction of sp³-hybridized carbons (Fsp3) is 0.200. The summed E-state index contributed by atoms with van der Waals surface area (Å²) in [4.78, 5) is 33.0. The Morgan fingerprint density at radius 3 is 3.08 bits per heavy atom. The number of imidazole rings is 1. The number of halogens is 1. The van der Waals surface area contributed by atoms with Crippen molar-refractivity contribution in [3.63, 3.8) is 0 Å². The predicted molar refractivity (Wildman–Crippen MR) is 91.5 cm³/mol. The number of fused-ring (bicyclic) bond motifs is 1. The highest BCUT2D eigenvalue weighted by molar-refractivity contribution is 9.10. The van der Waals surface area contributed by atoms with Gasteiger partial charge in [0.1, 0.15) is 0 Å². The van der Waals surface area contributed by atoms with Crippen LogP contribution < -0.4 is 10.2 Å². The lowest BCUT2D eigenvalue weighted by molar-refractivity contribution is -0.122. The third-order valence-electron chi connectivity index (χ3n) is 4.00. The van der Waals surface area contributed by atoms with Gasteiger partial charge in [0.15, 0.2) is 5.82 Å². The first-order valence-corrected chi connectivity index (χ1v) is 8.15. The fourth-order valence-corrected chi connectivity index (χ4v) is 3.18. The molecule has 9 heteroatoms. The Hall–Kier alpha value is -2.68. The van der Waals surface area contributed by atoms with E-state index >= 15 is 0 Å². The van der Waals surface area contributed by atoms with E-state index in [9.17, 15) is 9.59 Å². The molecule has 3 N–H and O–H groups in total. The van der Waals surface area contributed by atoms with Gasteiger partial charge in [0.05, 0.1) is 11.4 Å². The molecular weight excluding hydrogens is 376 g/mol. The van der Waals surface area contributed by atoms with Crippen molar-refractivity contribution in [2.24, 2.45) is 5.92 Å². The number of carbonyl (C=O) groups is 2. The maximum absolute atomic E-state index is 12.4. The van der Waals surface area contributed by atoms with E-state index in [4.69, 9.17) is 0 Å². The van der Waals surface area contributed by atoms with Gasteiger partial charge in [-0.3, -0.25) is 24.9 Å². The van der Waals surface area contributed by atoms with Crippen LogP contribution in [0.25, 0.3) is 10.9 Å². The van der Waals surface area contributed by atoms with Gasteiger partial charge in [-0.2, -0.15) is 5.10 Å². The van der Waals surface area contributed by atoms with Gasteiger partial charge in [-0.1, -0.05) is 15.9 Å². The minimum absolute atomic E-state index is 0.120. The average molecular weight is 389 g/mol. The second kappa shape index (κ2) is 5.75. The maximum Gasteiger partial charge on any atom is 0.232 e. The van der Waals surface area contributed by atoms with Gasteiger partial charge in [-0.15, -0.1) is 0 Å². The molecule has 0 spiro atoms. The number of rotatable bonds is 3. The molecule has 8 nitrogen and oxygen atoms in total. The smallest absolute Gasteiger partial charge is 0.232 e. The van der Waals surface area contributed by atoms with E-state index < -0.39 is 5.92 Å². The average Bonchev–Trinajstić information content (AvgIpc) is 3.26. The van der Waals surface area contributed by atoms with E-state index in [2.05, 4.69) is 41.4 Å². The van der Waals surface area contributed by atoms with Crippen LogP contribution in [0.15, 0.2) is 35.1 Å². The number of anilines is 2. The molecule has 2 amide bonds. The zero-order valence-corrected chi connectivity index (χ0v) is 14.0. The lowest BCUT2D eigenvalue weighted by atomic mass is 10.1. The Kier molecular flexibility index (Phi) is 3.57. The number of hydrogen-bond acceptors (Lipinski definition) is 4. The lowest BCUT2D eigenvalue weighted by Crippen LogP contribution is -2.28.